The van der Waals surface area contributed by atoms with Gasteiger partial charge < -0.3 is 9.47 Å². The zero-order chi connectivity index (χ0) is 15.7. The van der Waals surface area contributed by atoms with Crippen LogP contribution in [0.3, 0.4) is 0 Å². The van der Waals surface area contributed by atoms with Crippen LogP contribution in [0.4, 0.5) is 13.2 Å². The third-order valence-electron chi connectivity index (χ3n) is 3.21. The van der Waals surface area contributed by atoms with Crippen LogP contribution in [0.15, 0.2) is 30.5 Å². The van der Waals surface area contributed by atoms with Gasteiger partial charge in [-0.3, -0.25) is 15.1 Å². The van der Waals surface area contributed by atoms with E-state index in [9.17, 15) is 18.0 Å². The SMILES string of the molecule is O=C(NC1(C(F)F)OCCO1)c1cc(F)cc2cccnc12. The molecule has 1 fully saturated rings. The first-order chi connectivity index (χ1) is 10.5. The number of rotatable bonds is 3. The predicted octanol–water partition coefficient (Wildman–Crippen LogP) is 2.07. The fourth-order valence-corrected chi connectivity index (χ4v) is 2.24. The molecule has 22 heavy (non-hydrogen) atoms. The van der Waals surface area contributed by atoms with Crippen molar-refractivity contribution < 1.29 is 27.4 Å². The van der Waals surface area contributed by atoms with Crippen molar-refractivity contribution in [3.05, 3.63) is 41.8 Å². The number of alkyl halides is 2. The van der Waals surface area contributed by atoms with Crippen LogP contribution in [-0.4, -0.2) is 36.4 Å². The maximum Gasteiger partial charge on any atom is 0.316 e. The van der Waals surface area contributed by atoms with Crippen LogP contribution in [0.1, 0.15) is 10.4 Å². The highest BCUT2D eigenvalue weighted by Gasteiger charge is 2.48. The van der Waals surface area contributed by atoms with E-state index in [0.29, 0.717) is 5.39 Å². The summed E-state index contributed by atoms with van der Waals surface area (Å²) in [6, 6.07) is 5.27. The van der Waals surface area contributed by atoms with Gasteiger partial charge in [-0.05, 0) is 18.2 Å². The zero-order valence-corrected chi connectivity index (χ0v) is 11.2. The van der Waals surface area contributed by atoms with Gasteiger partial charge in [0.25, 0.3) is 5.91 Å². The van der Waals surface area contributed by atoms with E-state index in [1.54, 1.807) is 12.1 Å². The molecular formula is C14H11F3N2O3. The van der Waals surface area contributed by atoms with Gasteiger partial charge >= 0.3 is 12.3 Å². The Morgan fingerprint density at radius 2 is 2.05 bits per heavy atom. The van der Waals surface area contributed by atoms with Crippen LogP contribution in [0, 0.1) is 5.82 Å². The molecular weight excluding hydrogens is 301 g/mol. The second-order valence-electron chi connectivity index (χ2n) is 4.65. The Kier molecular flexibility index (Phi) is 3.71. The molecule has 1 aliphatic rings. The Hall–Kier alpha value is -2.19. The lowest BCUT2D eigenvalue weighted by Gasteiger charge is -2.27. The van der Waals surface area contributed by atoms with E-state index in [-0.39, 0.29) is 24.3 Å². The van der Waals surface area contributed by atoms with E-state index < -0.39 is 24.1 Å². The summed E-state index contributed by atoms with van der Waals surface area (Å²) in [5, 5.41) is 2.37. The summed E-state index contributed by atoms with van der Waals surface area (Å²) >= 11 is 0. The van der Waals surface area contributed by atoms with Gasteiger partial charge in [0.05, 0.1) is 24.3 Å². The van der Waals surface area contributed by atoms with Crippen LogP contribution < -0.4 is 5.32 Å². The Balaban J connectivity index is 1.99. The monoisotopic (exact) mass is 312 g/mol. The number of halogens is 3. The minimum Gasteiger partial charge on any atom is -0.326 e. The highest BCUT2D eigenvalue weighted by Crippen LogP contribution is 2.26. The van der Waals surface area contributed by atoms with Crippen LogP contribution in [0.25, 0.3) is 10.9 Å². The molecule has 1 aromatic heterocycles. The van der Waals surface area contributed by atoms with E-state index in [1.165, 1.54) is 12.3 Å². The highest BCUT2D eigenvalue weighted by molar-refractivity contribution is 6.05. The second kappa shape index (κ2) is 5.54. The molecule has 0 bridgehead atoms. The van der Waals surface area contributed by atoms with Gasteiger partial charge in [0.1, 0.15) is 5.82 Å². The minimum atomic E-state index is -3.09. The molecule has 2 aromatic rings. The largest absolute Gasteiger partial charge is 0.326 e. The normalized spacial score (nSPS) is 17.1. The quantitative estimate of drug-likeness (QED) is 0.942. The molecule has 1 saturated heterocycles. The van der Waals surface area contributed by atoms with Crippen LogP contribution >= 0.6 is 0 Å². The fourth-order valence-electron chi connectivity index (χ4n) is 2.24. The van der Waals surface area contributed by atoms with E-state index in [0.717, 1.165) is 6.07 Å². The first-order valence-corrected chi connectivity index (χ1v) is 6.45. The minimum absolute atomic E-state index is 0.0766. The van der Waals surface area contributed by atoms with Gasteiger partial charge in [-0.15, -0.1) is 0 Å². The molecule has 5 nitrogen and oxygen atoms in total. The smallest absolute Gasteiger partial charge is 0.316 e. The van der Waals surface area contributed by atoms with Crippen molar-refractivity contribution in [3.8, 4) is 0 Å². The molecule has 0 radical (unpaired) electrons. The lowest BCUT2D eigenvalue weighted by Crippen LogP contribution is -2.55. The summed E-state index contributed by atoms with van der Waals surface area (Å²) in [6.45, 7) is -0.153. The van der Waals surface area contributed by atoms with Crippen LogP contribution in [0.5, 0.6) is 0 Å². The van der Waals surface area contributed by atoms with E-state index in [2.05, 4.69) is 4.98 Å². The van der Waals surface area contributed by atoms with Gasteiger partial charge in [-0.25, -0.2) is 13.2 Å². The number of hydrogen-bond donors (Lipinski definition) is 1. The molecule has 3 rings (SSSR count). The Morgan fingerprint density at radius 1 is 1.32 bits per heavy atom. The number of carbonyl (C=O) groups is 1. The molecule has 0 saturated carbocycles. The first-order valence-electron chi connectivity index (χ1n) is 6.45. The van der Waals surface area contributed by atoms with Gasteiger partial charge in [0, 0.05) is 11.6 Å². The number of aromatic nitrogens is 1. The van der Waals surface area contributed by atoms with Crippen molar-refractivity contribution in [2.45, 2.75) is 12.3 Å². The molecule has 0 aliphatic carbocycles. The average Bonchev–Trinajstić information content (AvgIpc) is 2.96. The first kappa shape index (κ1) is 14.7. The third-order valence-corrected chi connectivity index (χ3v) is 3.21. The number of hydrogen-bond acceptors (Lipinski definition) is 4. The average molecular weight is 312 g/mol. The van der Waals surface area contributed by atoms with Crippen molar-refractivity contribution >= 4 is 16.8 Å². The van der Waals surface area contributed by atoms with Gasteiger partial charge in [0.2, 0.25) is 0 Å². The number of benzene rings is 1. The Labute approximate surface area is 123 Å². The maximum absolute atomic E-state index is 13.6. The lowest BCUT2D eigenvalue weighted by atomic mass is 10.1. The van der Waals surface area contributed by atoms with Crippen molar-refractivity contribution in [3.63, 3.8) is 0 Å². The summed E-state index contributed by atoms with van der Waals surface area (Å²) in [7, 11) is 0. The molecule has 0 atom stereocenters. The number of nitrogens with zero attached hydrogens (tertiary/aromatic N) is 1. The van der Waals surface area contributed by atoms with E-state index >= 15 is 0 Å². The van der Waals surface area contributed by atoms with E-state index in [1.807, 2.05) is 5.32 Å². The second-order valence-corrected chi connectivity index (χ2v) is 4.65. The van der Waals surface area contributed by atoms with Gasteiger partial charge in [-0.2, -0.15) is 0 Å². The topological polar surface area (TPSA) is 60.5 Å². The molecule has 2 heterocycles. The molecule has 1 aliphatic heterocycles. The van der Waals surface area contributed by atoms with Crippen molar-refractivity contribution in [2.75, 3.05) is 13.2 Å². The predicted molar refractivity (Wildman–Crippen MR) is 69.8 cm³/mol. The third kappa shape index (κ3) is 2.51. The van der Waals surface area contributed by atoms with Crippen LogP contribution in [-0.2, 0) is 9.47 Å². The summed E-state index contributed by atoms with van der Waals surface area (Å²) in [6.07, 6.45) is -1.67. The van der Waals surface area contributed by atoms with Crippen molar-refractivity contribution in [1.29, 1.82) is 0 Å². The molecule has 8 heteroatoms. The summed E-state index contributed by atoms with van der Waals surface area (Å²) in [4.78, 5) is 16.3. The van der Waals surface area contributed by atoms with Crippen LogP contribution in [0.2, 0.25) is 0 Å². The molecule has 1 aromatic carbocycles. The molecule has 0 unspecified atom stereocenters. The number of fused-ring (bicyclic) bond motifs is 1. The van der Waals surface area contributed by atoms with E-state index in [4.69, 9.17) is 9.47 Å². The number of amides is 1. The summed E-state index contributed by atoms with van der Waals surface area (Å²) in [5.41, 5.74) is 0.0264. The number of carbonyl (C=O) groups excluding carboxylic acids is 1. The Morgan fingerprint density at radius 3 is 2.73 bits per heavy atom. The molecule has 1 N–H and O–H groups in total. The maximum atomic E-state index is 13.6. The molecule has 1 amide bonds. The Bertz CT molecular complexity index is 718. The van der Waals surface area contributed by atoms with Crippen molar-refractivity contribution in [1.82, 2.24) is 10.3 Å². The fraction of sp³-hybridized carbons (Fsp3) is 0.286. The van der Waals surface area contributed by atoms with Gasteiger partial charge in [-0.1, -0.05) is 6.07 Å². The highest BCUT2D eigenvalue weighted by atomic mass is 19.3. The molecule has 0 spiro atoms. The number of nitrogens with one attached hydrogen (secondary N) is 1. The van der Waals surface area contributed by atoms with Crippen molar-refractivity contribution in [2.24, 2.45) is 0 Å². The zero-order valence-electron chi connectivity index (χ0n) is 11.2. The number of pyridine rings is 1. The number of ether oxygens (including phenoxy) is 2. The lowest BCUT2D eigenvalue weighted by molar-refractivity contribution is -0.245. The summed E-state index contributed by atoms with van der Waals surface area (Å²) in [5.74, 6) is -4.14. The van der Waals surface area contributed by atoms with Gasteiger partial charge in [0.15, 0.2) is 0 Å². The standard InChI is InChI=1S/C14H11F3N2O3/c15-9-6-8-2-1-3-18-11(8)10(7-9)12(20)19-14(13(16)17)21-4-5-22-14/h1-3,6-7,13H,4-5H2,(H,19,20). The molecule has 116 valence electrons. The summed E-state index contributed by atoms with van der Waals surface area (Å²) < 4.78 is 49.5.